The number of carbonyl (C=O) groups excluding carboxylic acids is 1. The zero-order chi connectivity index (χ0) is 19.0. The van der Waals surface area contributed by atoms with Gasteiger partial charge in [0.15, 0.2) is 0 Å². The third kappa shape index (κ3) is 5.40. The summed E-state index contributed by atoms with van der Waals surface area (Å²) in [6.07, 6.45) is -3.99. The van der Waals surface area contributed by atoms with Gasteiger partial charge in [-0.05, 0) is 40.2 Å². The van der Waals surface area contributed by atoms with Gasteiger partial charge in [0.05, 0.1) is 20.8 Å². The maximum absolute atomic E-state index is 13.7. The molecule has 134 valence electrons. The Hall–Kier alpha value is -0.720. The molecule has 0 radical (unpaired) electrons. The molecule has 0 saturated carbocycles. The Morgan fingerprint density at radius 1 is 1.23 bits per heavy atom. The van der Waals surface area contributed by atoms with Crippen molar-refractivity contribution in [1.29, 1.82) is 0 Å². The minimum Gasteiger partial charge on any atom is -0.537 e. The van der Waals surface area contributed by atoms with E-state index in [1.165, 1.54) is 0 Å². The van der Waals surface area contributed by atoms with Crippen molar-refractivity contribution >= 4 is 43.5 Å². The molecule has 13 heteroatoms. The fourth-order valence-electron chi connectivity index (χ4n) is 1.62. The second-order valence-electron chi connectivity index (χ2n) is 4.51. The molecule has 1 amide bonds. The molecule has 2 aromatic rings. The van der Waals surface area contributed by atoms with E-state index < -0.39 is 43.9 Å². The van der Waals surface area contributed by atoms with Crippen LogP contribution >= 0.6 is 27.5 Å². The Morgan fingerprint density at radius 2 is 1.85 bits per heavy atom. The first-order valence-electron chi connectivity index (χ1n) is 6.12. The van der Waals surface area contributed by atoms with Gasteiger partial charge in [0.1, 0.15) is 21.0 Å². The molecule has 0 N–H and O–H groups in total. The summed E-state index contributed by atoms with van der Waals surface area (Å²) in [7, 11) is -4.57. The number of nitrogens with zero attached hydrogens (tertiary/aromatic N) is 2. The van der Waals surface area contributed by atoms with E-state index in [0.29, 0.717) is 12.1 Å². The molecule has 0 saturated heterocycles. The molecular weight excluding hydrogens is 479 g/mol. The topological polar surface area (TPSA) is 78.2 Å². The normalized spacial score (nSPS) is 11.6. The van der Waals surface area contributed by atoms with E-state index in [1.807, 2.05) is 0 Å². The third-order valence-corrected chi connectivity index (χ3v) is 5.16. The zero-order valence-electron chi connectivity index (χ0n) is 12.7. The monoisotopic (exact) mass is 482 g/mol. The average Bonchev–Trinajstić information content (AvgIpc) is 2.48. The molecule has 1 heterocycles. The van der Waals surface area contributed by atoms with E-state index >= 15 is 0 Å². The summed E-state index contributed by atoms with van der Waals surface area (Å²) in [5, 5.41) is -0.0425. The maximum atomic E-state index is 13.7. The first kappa shape index (κ1) is 23.3. The van der Waals surface area contributed by atoms with Crippen molar-refractivity contribution in [2.24, 2.45) is 0 Å². The summed E-state index contributed by atoms with van der Waals surface area (Å²) in [4.78, 5) is 14.9. The number of carbonyl (C=O) groups is 1. The Morgan fingerprint density at radius 3 is 2.35 bits per heavy atom. The van der Waals surface area contributed by atoms with Crippen LogP contribution in [0.2, 0.25) is 5.15 Å². The van der Waals surface area contributed by atoms with Crippen LogP contribution in [0.25, 0.3) is 4.72 Å². The summed E-state index contributed by atoms with van der Waals surface area (Å²) in [6.45, 7) is 0. The van der Waals surface area contributed by atoms with E-state index in [2.05, 4.69) is 25.6 Å². The number of rotatable bonds is 3. The molecule has 1 aromatic heterocycles. The van der Waals surface area contributed by atoms with Gasteiger partial charge in [0.2, 0.25) is 0 Å². The molecule has 2 rings (SSSR count). The summed E-state index contributed by atoms with van der Waals surface area (Å²) < 4.78 is 78.2. The Labute approximate surface area is 180 Å². The summed E-state index contributed by atoms with van der Waals surface area (Å²) in [5.74, 6) is -3.11. The third-order valence-electron chi connectivity index (χ3n) is 2.80. The van der Waals surface area contributed by atoms with Gasteiger partial charge < -0.3 is 9.52 Å². The molecule has 0 aliphatic carbocycles. The van der Waals surface area contributed by atoms with E-state index in [9.17, 15) is 30.8 Å². The molecule has 26 heavy (non-hydrogen) atoms. The smallest absolute Gasteiger partial charge is 0.537 e. The van der Waals surface area contributed by atoms with Gasteiger partial charge in [0, 0.05) is 11.8 Å². The van der Waals surface area contributed by atoms with Crippen molar-refractivity contribution in [3.8, 4) is 0 Å². The quantitative estimate of drug-likeness (QED) is 0.377. The van der Waals surface area contributed by atoms with Crippen LogP contribution in [0.4, 0.5) is 17.6 Å². The van der Waals surface area contributed by atoms with Crippen molar-refractivity contribution in [2.75, 3.05) is 0 Å². The predicted octanol–water partition coefficient (Wildman–Crippen LogP) is 1.56. The number of halogens is 6. The predicted molar refractivity (Wildman–Crippen MR) is 83.2 cm³/mol. The van der Waals surface area contributed by atoms with E-state index in [0.717, 1.165) is 12.3 Å². The molecule has 0 fully saturated rings. The summed E-state index contributed by atoms with van der Waals surface area (Å²) in [6, 6.07) is 2.05. The number of hydrogen-bond donors (Lipinski definition) is 0. The first-order valence-corrected chi connectivity index (χ1v) is 8.73. The van der Waals surface area contributed by atoms with Crippen LogP contribution in [0.3, 0.4) is 0 Å². The molecule has 0 aliphatic heterocycles. The summed E-state index contributed by atoms with van der Waals surface area (Å²) in [5.41, 5.74) is -2.24. The molecule has 0 spiro atoms. The minimum absolute atomic E-state index is 0. The van der Waals surface area contributed by atoms with Gasteiger partial charge in [0.25, 0.3) is 0 Å². The number of alkyl halides is 3. The van der Waals surface area contributed by atoms with E-state index in [1.54, 1.807) is 0 Å². The molecular formula is C13H5BrClF4N2NaO3S. The molecule has 0 aliphatic rings. The standard InChI is InChI=1S/C13H6BrClF4N2O3S.Na/c14-9-4-7(5-20-11(9)15)25(23,24)21-12(22)8-2-1-6(3-10(8)16)13(17,18)19;/h1-5H,(H,21,22);/q;+1/p-1. The van der Waals surface area contributed by atoms with Crippen LogP contribution in [0, 0.1) is 5.82 Å². The molecule has 1 aromatic carbocycles. The number of amides is 1. The van der Waals surface area contributed by atoms with Crippen LogP contribution < -0.4 is 29.6 Å². The fraction of sp³-hybridized carbons (Fsp3) is 0.0769. The second-order valence-corrected chi connectivity index (χ2v) is 7.32. The number of aromatic nitrogens is 1. The van der Waals surface area contributed by atoms with Crippen LogP contribution in [0.5, 0.6) is 0 Å². The SMILES string of the molecule is O=C([N-]S(=O)(=O)c1cnc(Cl)c(Br)c1)c1ccc(C(F)(F)F)cc1F.[Na+]. The zero-order valence-corrected chi connectivity index (χ0v) is 17.8. The minimum atomic E-state index is -4.81. The average molecular weight is 484 g/mol. The fourth-order valence-corrected chi connectivity index (χ4v) is 3.10. The van der Waals surface area contributed by atoms with Crippen molar-refractivity contribution < 1.29 is 60.3 Å². The first-order chi connectivity index (χ1) is 11.4. The van der Waals surface area contributed by atoms with E-state index in [-0.39, 0.29) is 45.2 Å². The molecule has 0 unspecified atom stereocenters. The van der Waals surface area contributed by atoms with Gasteiger partial charge in [-0.2, -0.15) is 13.2 Å². The van der Waals surface area contributed by atoms with Crippen molar-refractivity contribution in [3.05, 3.63) is 61.8 Å². The van der Waals surface area contributed by atoms with Crippen molar-refractivity contribution in [2.45, 2.75) is 11.1 Å². The van der Waals surface area contributed by atoms with Crippen molar-refractivity contribution in [3.63, 3.8) is 0 Å². The largest absolute Gasteiger partial charge is 1.00 e. The number of hydrogen-bond acceptors (Lipinski definition) is 4. The number of benzene rings is 1. The Bertz CT molecular complexity index is 957. The Kier molecular flexibility index (Phi) is 7.65. The maximum Gasteiger partial charge on any atom is 1.00 e. The van der Waals surface area contributed by atoms with Crippen molar-refractivity contribution in [1.82, 2.24) is 4.98 Å². The van der Waals surface area contributed by atoms with Crippen LogP contribution in [0.15, 0.2) is 39.8 Å². The second kappa shape index (κ2) is 8.53. The number of pyridine rings is 1. The Balaban J connectivity index is 0.00000338. The van der Waals surface area contributed by atoms with E-state index in [4.69, 9.17) is 11.6 Å². The van der Waals surface area contributed by atoms with Gasteiger partial charge in [-0.15, -0.1) is 0 Å². The number of sulfonamides is 1. The molecule has 0 atom stereocenters. The van der Waals surface area contributed by atoms with Gasteiger partial charge in [-0.25, -0.2) is 17.8 Å². The van der Waals surface area contributed by atoms with Crippen LogP contribution in [0.1, 0.15) is 15.9 Å². The summed E-state index contributed by atoms with van der Waals surface area (Å²) >= 11 is 8.55. The van der Waals surface area contributed by atoms with Gasteiger partial charge >= 0.3 is 35.7 Å². The molecule has 5 nitrogen and oxygen atoms in total. The van der Waals surface area contributed by atoms with Crippen LogP contribution in [-0.4, -0.2) is 19.3 Å². The van der Waals surface area contributed by atoms with Gasteiger partial charge in [-0.3, -0.25) is 0 Å². The van der Waals surface area contributed by atoms with Gasteiger partial charge in [-0.1, -0.05) is 11.6 Å². The van der Waals surface area contributed by atoms with Crippen LogP contribution in [-0.2, 0) is 16.2 Å². The molecule has 0 bridgehead atoms.